The van der Waals surface area contributed by atoms with Gasteiger partial charge >= 0.3 is 0 Å². The first-order valence-corrected chi connectivity index (χ1v) is 10.1. The number of benzene rings is 2. The first-order valence-electron chi connectivity index (χ1n) is 9.22. The van der Waals surface area contributed by atoms with Gasteiger partial charge in [0.15, 0.2) is 5.13 Å². The summed E-state index contributed by atoms with van der Waals surface area (Å²) in [5, 5.41) is 5.94. The van der Waals surface area contributed by atoms with Crippen molar-refractivity contribution in [2.75, 3.05) is 12.4 Å². The van der Waals surface area contributed by atoms with Gasteiger partial charge in [-0.3, -0.25) is 10.1 Å². The van der Waals surface area contributed by atoms with Crippen molar-refractivity contribution >= 4 is 38.9 Å². The molecule has 0 saturated heterocycles. The average Bonchev–Trinajstić information content (AvgIpc) is 3.38. The van der Waals surface area contributed by atoms with Crippen LogP contribution in [-0.4, -0.2) is 18.0 Å². The molecule has 0 bridgehead atoms. The van der Waals surface area contributed by atoms with Crippen molar-refractivity contribution in [2.24, 2.45) is 0 Å². The minimum absolute atomic E-state index is 0.270. The number of ether oxygens (including phenoxy) is 1. The molecule has 7 heteroatoms. The number of carbonyl (C=O) groups excluding carboxylic acids is 1. The normalized spacial score (nSPS) is 11.7. The number of hydrogen-bond acceptors (Lipinski definition) is 5. The van der Waals surface area contributed by atoms with Gasteiger partial charge in [0, 0.05) is 39.7 Å². The predicted molar refractivity (Wildman–Crippen MR) is 117 cm³/mol. The number of nitrogens with zero attached hydrogens (tertiary/aromatic N) is 1. The zero-order chi connectivity index (χ0) is 21.3. The number of methoxy groups -OCH3 is 1. The fraction of sp³-hybridized carbons (Fsp3) is 0.130. The Kier molecular flexibility index (Phi) is 5.37. The number of furan rings is 1. The van der Waals surface area contributed by atoms with Crippen LogP contribution in [0.25, 0.3) is 27.7 Å². The lowest BCUT2D eigenvalue weighted by Gasteiger charge is -2.13. The van der Waals surface area contributed by atoms with Crippen molar-refractivity contribution in [1.82, 2.24) is 4.98 Å². The lowest BCUT2D eigenvalue weighted by atomic mass is 9.96. The third kappa shape index (κ3) is 3.71. The maximum atomic E-state index is 13.3. The Morgan fingerprint density at radius 2 is 2.07 bits per heavy atom. The number of thiazole rings is 1. The maximum absolute atomic E-state index is 13.3. The number of amides is 1. The summed E-state index contributed by atoms with van der Waals surface area (Å²) in [5.41, 5.74) is 4.71. The number of aromatic nitrogens is 1. The number of hydrogen-bond donors (Lipinski definition) is 1. The van der Waals surface area contributed by atoms with Crippen LogP contribution in [-0.2, 0) is 4.79 Å². The molecule has 0 aliphatic rings. The molecule has 2 aromatic carbocycles. The Bertz CT molecular complexity index is 1240. The van der Waals surface area contributed by atoms with E-state index in [0.29, 0.717) is 16.5 Å². The van der Waals surface area contributed by atoms with Gasteiger partial charge in [-0.15, -0.1) is 11.3 Å². The summed E-state index contributed by atoms with van der Waals surface area (Å²) in [6, 6.07) is 8.19. The molecule has 30 heavy (non-hydrogen) atoms. The van der Waals surface area contributed by atoms with Crippen LogP contribution in [0, 0.1) is 12.7 Å². The fourth-order valence-electron chi connectivity index (χ4n) is 3.43. The largest absolute Gasteiger partial charge is 0.496 e. The SMILES string of the molecule is COc1c(/C(C)=C/C(=O)Nc2nccs2)cc2c(-c3ccc(F)cc3)coc2c1C. The van der Waals surface area contributed by atoms with Crippen LogP contribution in [0.5, 0.6) is 5.75 Å². The third-order valence-corrected chi connectivity index (χ3v) is 5.53. The van der Waals surface area contributed by atoms with E-state index < -0.39 is 0 Å². The molecule has 0 saturated carbocycles. The van der Waals surface area contributed by atoms with E-state index in [4.69, 9.17) is 9.15 Å². The number of carbonyl (C=O) groups is 1. The second kappa shape index (κ2) is 8.12. The van der Waals surface area contributed by atoms with Crippen LogP contribution < -0.4 is 10.1 Å². The van der Waals surface area contributed by atoms with Crippen molar-refractivity contribution in [1.29, 1.82) is 0 Å². The van der Waals surface area contributed by atoms with Crippen molar-refractivity contribution in [2.45, 2.75) is 13.8 Å². The highest BCUT2D eigenvalue weighted by atomic mass is 32.1. The molecule has 4 rings (SSSR count). The number of anilines is 1. The highest BCUT2D eigenvalue weighted by Crippen LogP contribution is 2.40. The van der Waals surface area contributed by atoms with E-state index in [1.165, 1.54) is 29.5 Å². The Hall–Kier alpha value is -3.45. The summed E-state index contributed by atoms with van der Waals surface area (Å²) in [5.74, 6) is 0.0709. The quantitative estimate of drug-likeness (QED) is 0.397. The van der Waals surface area contributed by atoms with Crippen LogP contribution in [0.4, 0.5) is 9.52 Å². The van der Waals surface area contributed by atoms with Gasteiger partial charge in [0.25, 0.3) is 0 Å². The summed E-state index contributed by atoms with van der Waals surface area (Å²) in [6.45, 7) is 3.76. The minimum Gasteiger partial charge on any atom is -0.496 e. The molecule has 0 radical (unpaired) electrons. The molecule has 1 N–H and O–H groups in total. The Labute approximate surface area is 176 Å². The molecule has 152 valence electrons. The topological polar surface area (TPSA) is 64.4 Å². The minimum atomic E-state index is -0.296. The van der Waals surface area contributed by atoms with Crippen LogP contribution in [0.15, 0.2) is 58.7 Å². The van der Waals surface area contributed by atoms with E-state index in [1.54, 1.807) is 37.1 Å². The van der Waals surface area contributed by atoms with Crippen LogP contribution >= 0.6 is 11.3 Å². The number of allylic oxidation sites excluding steroid dienone is 1. The summed E-state index contributed by atoms with van der Waals surface area (Å²) >= 11 is 1.35. The van der Waals surface area contributed by atoms with E-state index in [2.05, 4.69) is 10.3 Å². The van der Waals surface area contributed by atoms with Gasteiger partial charge in [-0.2, -0.15) is 0 Å². The molecule has 0 aliphatic carbocycles. The Balaban J connectivity index is 1.80. The number of halogens is 1. The molecule has 0 atom stereocenters. The molecule has 1 amide bonds. The van der Waals surface area contributed by atoms with Gasteiger partial charge in [-0.25, -0.2) is 9.37 Å². The van der Waals surface area contributed by atoms with Gasteiger partial charge < -0.3 is 9.15 Å². The molecule has 5 nitrogen and oxygen atoms in total. The average molecular weight is 422 g/mol. The van der Waals surface area contributed by atoms with Gasteiger partial charge in [0.2, 0.25) is 5.91 Å². The molecule has 2 aromatic heterocycles. The van der Waals surface area contributed by atoms with Crippen molar-refractivity contribution in [3.05, 3.63) is 71.2 Å². The molecular formula is C23H19FN2O3S. The second-order valence-corrected chi connectivity index (χ2v) is 7.66. The molecule has 0 fully saturated rings. The van der Waals surface area contributed by atoms with E-state index in [9.17, 15) is 9.18 Å². The molecule has 0 unspecified atom stereocenters. The highest BCUT2D eigenvalue weighted by Gasteiger charge is 2.19. The van der Waals surface area contributed by atoms with E-state index >= 15 is 0 Å². The third-order valence-electron chi connectivity index (χ3n) is 4.84. The standard InChI is InChI=1S/C23H19FN2O3S/c1-13(10-20(27)26-23-25-8-9-30-23)17-11-18-19(15-4-6-16(24)7-5-15)12-29-22(18)14(2)21(17)28-3/h4-12H,1-3H3,(H,25,26,27)/b13-10+. The maximum Gasteiger partial charge on any atom is 0.250 e. The van der Waals surface area contributed by atoms with Crippen molar-refractivity contribution in [3.8, 4) is 16.9 Å². The second-order valence-electron chi connectivity index (χ2n) is 6.77. The van der Waals surface area contributed by atoms with Crippen molar-refractivity contribution < 1.29 is 18.3 Å². The zero-order valence-electron chi connectivity index (χ0n) is 16.7. The number of fused-ring (bicyclic) bond motifs is 1. The Morgan fingerprint density at radius 1 is 1.30 bits per heavy atom. The predicted octanol–water partition coefficient (Wildman–Crippen LogP) is 6.05. The van der Waals surface area contributed by atoms with E-state index in [1.807, 2.05) is 19.9 Å². The Morgan fingerprint density at radius 3 is 2.73 bits per heavy atom. The molecule has 2 heterocycles. The van der Waals surface area contributed by atoms with Gasteiger partial charge in [0.05, 0.1) is 13.4 Å². The van der Waals surface area contributed by atoms with Crippen molar-refractivity contribution in [3.63, 3.8) is 0 Å². The van der Waals surface area contributed by atoms with Gasteiger partial charge in [-0.1, -0.05) is 12.1 Å². The van der Waals surface area contributed by atoms with Crippen LogP contribution in [0.3, 0.4) is 0 Å². The molecule has 4 aromatic rings. The number of nitrogens with one attached hydrogen (secondary N) is 1. The molecular weight excluding hydrogens is 403 g/mol. The number of aryl methyl sites for hydroxylation is 1. The fourth-order valence-corrected chi connectivity index (χ4v) is 3.96. The van der Waals surface area contributed by atoms with Crippen LogP contribution in [0.1, 0.15) is 18.1 Å². The summed E-state index contributed by atoms with van der Waals surface area (Å²) in [4.78, 5) is 16.5. The smallest absolute Gasteiger partial charge is 0.250 e. The molecule has 0 spiro atoms. The molecule has 0 aliphatic heterocycles. The van der Waals surface area contributed by atoms with Gasteiger partial charge in [0.1, 0.15) is 17.1 Å². The first kappa shape index (κ1) is 19.8. The van der Waals surface area contributed by atoms with E-state index in [-0.39, 0.29) is 11.7 Å². The van der Waals surface area contributed by atoms with Crippen LogP contribution in [0.2, 0.25) is 0 Å². The number of rotatable bonds is 5. The lowest BCUT2D eigenvalue weighted by Crippen LogP contribution is -2.08. The highest BCUT2D eigenvalue weighted by molar-refractivity contribution is 7.13. The summed E-state index contributed by atoms with van der Waals surface area (Å²) in [6.07, 6.45) is 4.80. The van der Waals surface area contributed by atoms with Gasteiger partial charge in [-0.05, 0) is 43.2 Å². The zero-order valence-corrected chi connectivity index (χ0v) is 17.5. The first-order chi connectivity index (χ1) is 14.5. The monoisotopic (exact) mass is 422 g/mol. The lowest BCUT2D eigenvalue weighted by molar-refractivity contribution is -0.111. The summed E-state index contributed by atoms with van der Waals surface area (Å²) in [7, 11) is 1.59. The van der Waals surface area contributed by atoms with E-state index in [0.717, 1.165) is 33.2 Å². The summed E-state index contributed by atoms with van der Waals surface area (Å²) < 4.78 is 24.8.